The van der Waals surface area contributed by atoms with Crippen LogP contribution in [0.5, 0.6) is 0 Å². The first kappa shape index (κ1) is 15.9. The lowest BCUT2D eigenvalue weighted by Gasteiger charge is -2.38. The van der Waals surface area contributed by atoms with E-state index >= 15 is 0 Å². The Morgan fingerprint density at radius 1 is 1.48 bits per heavy atom. The van der Waals surface area contributed by atoms with Crippen LogP contribution < -0.4 is 0 Å². The number of hydrogen-bond donors (Lipinski definition) is 1. The molecule has 21 heavy (non-hydrogen) atoms. The van der Waals surface area contributed by atoms with Crippen molar-refractivity contribution in [2.45, 2.75) is 32.7 Å². The van der Waals surface area contributed by atoms with Gasteiger partial charge in [-0.2, -0.15) is 0 Å². The third-order valence-corrected chi connectivity index (χ3v) is 4.47. The quantitative estimate of drug-likeness (QED) is 0.810. The normalized spacial score (nSPS) is 21.6. The zero-order valence-electron chi connectivity index (χ0n) is 12.4. The maximum absolute atomic E-state index is 12.6. The number of halogens is 1. The number of carbonyl (C=O) groups excluding carboxylic acids is 1. The van der Waals surface area contributed by atoms with Gasteiger partial charge in [0.15, 0.2) is 0 Å². The second-order valence-electron chi connectivity index (χ2n) is 5.51. The van der Waals surface area contributed by atoms with Crippen LogP contribution in [0.3, 0.4) is 0 Å². The van der Waals surface area contributed by atoms with Gasteiger partial charge in [-0.25, -0.2) is 0 Å². The molecule has 4 heteroatoms. The topological polar surface area (TPSA) is 40.5 Å². The molecule has 1 aliphatic rings. The minimum Gasteiger partial charge on any atom is -0.384 e. The molecule has 1 amide bonds. The number of hydrogen-bond acceptors (Lipinski definition) is 2. The predicted octanol–water partition coefficient (Wildman–Crippen LogP) is 2.94. The van der Waals surface area contributed by atoms with Crippen LogP contribution in [0, 0.1) is 17.8 Å². The van der Waals surface area contributed by atoms with Crippen LogP contribution in [0.1, 0.15) is 42.6 Å². The highest BCUT2D eigenvalue weighted by atomic mass is 35.5. The molecule has 1 saturated heterocycles. The maximum atomic E-state index is 12.6. The number of likely N-dealkylation sites (tertiary alicyclic amines) is 1. The van der Waals surface area contributed by atoms with Gasteiger partial charge in [0.25, 0.3) is 5.91 Å². The highest BCUT2D eigenvalue weighted by molar-refractivity contribution is 6.32. The molecule has 2 unspecified atom stereocenters. The Hall–Kier alpha value is -1.50. The van der Waals surface area contributed by atoms with Crippen LogP contribution in [0.2, 0.25) is 5.02 Å². The molecule has 3 nitrogen and oxygen atoms in total. The SMILES string of the molecule is CC1CCCN(C(=O)c2ccc(C#CCO)c(Cl)c2)C1C. The Morgan fingerprint density at radius 3 is 2.90 bits per heavy atom. The standard InChI is InChI=1S/C17H20ClNO2/c1-12-5-3-9-19(13(12)2)17(21)15-8-7-14(6-4-10-20)16(18)11-15/h7-8,11-13,20H,3,5,9-10H2,1-2H3. The number of nitrogens with zero attached hydrogens (tertiary/aromatic N) is 1. The molecule has 0 aromatic heterocycles. The minimum atomic E-state index is -0.208. The van der Waals surface area contributed by atoms with Gasteiger partial charge >= 0.3 is 0 Å². The van der Waals surface area contributed by atoms with E-state index in [0.29, 0.717) is 22.1 Å². The molecule has 0 radical (unpaired) electrons. The first-order valence-electron chi connectivity index (χ1n) is 7.25. The van der Waals surface area contributed by atoms with Gasteiger partial charge in [0.1, 0.15) is 6.61 Å². The average molecular weight is 306 g/mol. The van der Waals surface area contributed by atoms with E-state index in [0.717, 1.165) is 13.0 Å². The third-order valence-electron chi connectivity index (χ3n) is 4.15. The van der Waals surface area contributed by atoms with Crippen LogP contribution in [-0.2, 0) is 0 Å². The highest BCUT2D eigenvalue weighted by Crippen LogP contribution is 2.25. The molecule has 0 spiro atoms. The first-order valence-corrected chi connectivity index (χ1v) is 7.62. The van der Waals surface area contributed by atoms with Crippen molar-refractivity contribution in [2.75, 3.05) is 13.2 Å². The molecule has 1 heterocycles. The van der Waals surface area contributed by atoms with Gasteiger partial charge in [-0.05, 0) is 43.9 Å². The van der Waals surface area contributed by atoms with Crippen molar-refractivity contribution in [3.63, 3.8) is 0 Å². The fourth-order valence-electron chi connectivity index (χ4n) is 2.67. The van der Waals surface area contributed by atoms with Crippen molar-refractivity contribution in [2.24, 2.45) is 5.92 Å². The first-order chi connectivity index (χ1) is 10.0. The Kier molecular flexibility index (Phi) is 5.27. The molecule has 0 bridgehead atoms. The molecule has 1 aromatic carbocycles. The number of carbonyl (C=O) groups is 1. The van der Waals surface area contributed by atoms with E-state index < -0.39 is 0 Å². The second-order valence-corrected chi connectivity index (χ2v) is 5.92. The van der Waals surface area contributed by atoms with E-state index in [1.807, 2.05) is 4.90 Å². The number of piperidine rings is 1. The van der Waals surface area contributed by atoms with E-state index in [2.05, 4.69) is 25.7 Å². The lowest BCUT2D eigenvalue weighted by atomic mass is 9.91. The number of rotatable bonds is 1. The van der Waals surface area contributed by atoms with E-state index in [-0.39, 0.29) is 18.6 Å². The van der Waals surface area contributed by atoms with Crippen molar-refractivity contribution < 1.29 is 9.90 Å². The Bertz CT molecular complexity index is 588. The minimum absolute atomic E-state index is 0.0256. The molecule has 1 aromatic rings. The molecule has 1 N–H and O–H groups in total. The number of amides is 1. The molecule has 2 rings (SSSR count). The summed E-state index contributed by atoms with van der Waals surface area (Å²) in [6, 6.07) is 5.40. The highest BCUT2D eigenvalue weighted by Gasteiger charge is 2.29. The van der Waals surface area contributed by atoms with E-state index in [4.69, 9.17) is 16.7 Å². The number of aliphatic hydroxyl groups is 1. The van der Waals surface area contributed by atoms with Crippen molar-refractivity contribution in [3.05, 3.63) is 34.3 Å². The van der Waals surface area contributed by atoms with Gasteiger partial charge < -0.3 is 10.0 Å². The lowest BCUT2D eigenvalue weighted by Crippen LogP contribution is -2.46. The fraction of sp³-hybridized carbons (Fsp3) is 0.471. The molecule has 112 valence electrons. The van der Waals surface area contributed by atoms with Crippen molar-refractivity contribution in [1.82, 2.24) is 4.90 Å². The molecule has 0 saturated carbocycles. The monoisotopic (exact) mass is 305 g/mol. The summed E-state index contributed by atoms with van der Waals surface area (Å²) in [6.07, 6.45) is 2.21. The maximum Gasteiger partial charge on any atom is 0.254 e. The van der Waals surface area contributed by atoms with Crippen LogP contribution in [0.15, 0.2) is 18.2 Å². The Labute approximate surface area is 130 Å². The summed E-state index contributed by atoms with van der Waals surface area (Å²) < 4.78 is 0. The summed E-state index contributed by atoms with van der Waals surface area (Å²) in [5.41, 5.74) is 1.22. The van der Waals surface area contributed by atoms with E-state index in [1.54, 1.807) is 18.2 Å². The summed E-state index contributed by atoms with van der Waals surface area (Å²) in [4.78, 5) is 14.6. The van der Waals surface area contributed by atoms with Crippen LogP contribution >= 0.6 is 11.6 Å². The predicted molar refractivity (Wildman–Crippen MR) is 84.3 cm³/mol. The molecule has 1 fully saturated rings. The summed E-state index contributed by atoms with van der Waals surface area (Å²) >= 11 is 6.16. The van der Waals surface area contributed by atoms with Gasteiger partial charge in [-0.3, -0.25) is 4.79 Å². The fourth-order valence-corrected chi connectivity index (χ4v) is 2.90. The van der Waals surface area contributed by atoms with E-state index in [1.165, 1.54) is 6.42 Å². The van der Waals surface area contributed by atoms with Crippen molar-refractivity contribution >= 4 is 17.5 Å². The third kappa shape index (κ3) is 3.58. The smallest absolute Gasteiger partial charge is 0.254 e. The van der Waals surface area contributed by atoms with Crippen LogP contribution in [0.25, 0.3) is 0 Å². The second kappa shape index (κ2) is 6.98. The Morgan fingerprint density at radius 2 is 2.24 bits per heavy atom. The van der Waals surface area contributed by atoms with Gasteiger partial charge in [-0.15, -0.1) is 0 Å². The van der Waals surface area contributed by atoms with Gasteiger partial charge in [-0.1, -0.05) is 30.4 Å². The van der Waals surface area contributed by atoms with Gasteiger partial charge in [0.05, 0.1) is 5.02 Å². The number of benzene rings is 1. The van der Waals surface area contributed by atoms with Crippen molar-refractivity contribution in [1.29, 1.82) is 0 Å². The molecule has 2 atom stereocenters. The average Bonchev–Trinajstić information content (AvgIpc) is 2.48. The molecule has 0 aliphatic carbocycles. The van der Waals surface area contributed by atoms with Gasteiger partial charge in [0.2, 0.25) is 0 Å². The van der Waals surface area contributed by atoms with E-state index in [9.17, 15) is 4.79 Å². The summed E-state index contributed by atoms with van der Waals surface area (Å²) in [7, 11) is 0. The number of aliphatic hydroxyl groups excluding tert-OH is 1. The molecular formula is C17H20ClNO2. The summed E-state index contributed by atoms with van der Waals surface area (Å²) in [5.74, 6) is 5.87. The van der Waals surface area contributed by atoms with Crippen LogP contribution in [0.4, 0.5) is 0 Å². The van der Waals surface area contributed by atoms with Crippen LogP contribution in [-0.4, -0.2) is 35.1 Å². The molecule has 1 aliphatic heterocycles. The zero-order valence-corrected chi connectivity index (χ0v) is 13.2. The lowest BCUT2D eigenvalue weighted by molar-refractivity contribution is 0.0551. The van der Waals surface area contributed by atoms with Gasteiger partial charge in [0, 0.05) is 23.7 Å². The van der Waals surface area contributed by atoms with Crippen molar-refractivity contribution in [3.8, 4) is 11.8 Å². The summed E-state index contributed by atoms with van der Waals surface area (Å²) in [6.45, 7) is 4.88. The summed E-state index contributed by atoms with van der Waals surface area (Å²) in [5, 5.41) is 9.15. The zero-order chi connectivity index (χ0) is 15.4. The Balaban J connectivity index is 2.21. The largest absolute Gasteiger partial charge is 0.384 e. The molecular weight excluding hydrogens is 286 g/mol.